The number of hydrogen-bond donors (Lipinski definition) is 1. The topological polar surface area (TPSA) is 55.6 Å². The van der Waals surface area contributed by atoms with E-state index in [0.717, 1.165) is 17.3 Å². The van der Waals surface area contributed by atoms with E-state index in [-0.39, 0.29) is 5.82 Å². The lowest BCUT2D eigenvalue weighted by Crippen LogP contribution is -2.19. The van der Waals surface area contributed by atoms with Crippen molar-refractivity contribution in [2.75, 3.05) is 6.54 Å². The highest BCUT2D eigenvalue weighted by molar-refractivity contribution is 5.15. The van der Waals surface area contributed by atoms with Gasteiger partial charge in [0.05, 0.1) is 12.2 Å². The quantitative estimate of drug-likeness (QED) is 0.623. The van der Waals surface area contributed by atoms with Crippen molar-refractivity contribution in [2.45, 2.75) is 39.5 Å². The summed E-state index contributed by atoms with van der Waals surface area (Å²) in [7, 11) is 0. The summed E-state index contributed by atoms with van der Waals surface area (Å²) in [6, 6.07) is 0.953. The number of alkyl halides is 3. The minimum Gasteiger partial charge on any atom is -0.312 e. The second-order valence-electron chi connectivity index (χ2n) is 5.49. The second kappa shape index (κ2) is 7.57. The monoisotopic (exact) mass is 339 g/mol. The zero-order valence-corrected chi connectivity index (χ0v) is 13.7. The maximum Gasteiger partial charge on any atom is 0.433 e. The molecule has 0 spiro atoms. The molecular formula is C16H20F3N5. The van der Waals surface area contributed by atoms with Crippen LogP contribution in [0.4, 0.5) is 13.2 Å². The highest BCUT2D eigenvalue weighted by Gasteiger charge is 2.33. The van der Waals surface area contributed by atoms with Gasteiger partial charge in [0, 0.05) is 37.0 Å². The number of aryl methyl sites for hydroxylation is 2. The van der Waals surface area contributed by atoms with Crippen LogP contribution in [0.3, 0.4) is 0 Å². The smallest absolute Gasteiger partial charge is 0.312 e. The minimum absolute atomic E-state index is 0.189. The normalized spacial score (nSPS) is 11.7. The van der Waals surface area contributed by atoms with E-state index in [1.165, 1.54) is 6.92 Å². The fourth-order valence-electron chi connectivity index (χ4n) is 2.27. The van der Waals surface area contributed by atoms with E-state index in [0.29, 0.717) is 31.7 Å². The zero-order chi connectivity index (χ0) is 17.7. The molecule has 0 radical (unpaired) electrons. The summed E-state index contributed by atoms with van der Waals surface area (Å²) >= 11 is 0. The third kappa shape index (κ3) is 4.89. The van der Waals surface area contributed by atoms with Crippen molar-refractivity contribution in [1.29, 1.82) is 0 Å². The van der Waals surface area contributed by atoms with Gasteiger partial charge in [-0.2, -0.15) is 18.3 Å². The number of aromatic nitrogens is 4. The van der Waals surface area contributed by atoms with Crippen molar-refractivity contribution in [1.82, 2.24) is 25.1 Å². The summed E-state index contributed by atoms with van der Waals surface area (Å²) in [4.78, 5) is 7.65. The maximum absolute atomic E-state index is 12.7. The molecular weight excluding hydrogens is 319 g/mol. The van der Waals surface area contributed by atoms with E-state index in [1.54, 1.807) is 10.8 Å². The predicted octanol–water partition coefficient (Wildman–Crippen LogP) is 2.83. The lowest BCUT2D eigenvalue weighted by atomic mass is 10.2. The van der Waals surface area contributed by atoms with Crippen LogP contribution < -0.4 is 5.32 Å². The van der Waals surface area contributed by atoms with Gasteiger partial charge in [0.15, 0.2) is 0 Å². The van der Waals surface area contributed by atoms with Crippen molar-refractivity contribution in [3.8, 4) is 0 Å². The van der Waals surface area contributed by atoms with E-state index >= 15 is 0 Å². The largest absolute Gasteiger partial charge is 0.433 e. The Labute approximate surface area is 138 Å². The molecule has 0 bridgehead atoms. The molecule has 2 aromatic rings. The van der Waals surface area contributed by atoms with Gasteiger partial charge in [-0.05, 0) is 19.9 Å². The van der Waals surface area contributed by atoms with E-state index < -0.39 is 11.9 Å². The van der Waals surface area contributed by atoms with E-state index in [9.17, 15) is 13.2 Å². The molecule has 0 amide bonds. The van der Waals surface area contributed by atoms with Crippen LogP contribution in [0.25, 0.3) is 0 Å². The molecule has 0 atom stereocenters. The molecule has 1 N–H and O–H groups in total. The number of halogens is 3. The number of rotatable bonds is 7. The van der Waals surface area contributed by atoms with Gasteiger partial charge in [0.2, 0.25) is 0 Å². The molecule has 0 saturated heterocycles. The van der Waals surface area contributed by atoms with Crippen molar-refractivity contribution in [3.05, 3.63) is 53.4 Å². The number of hydrogen-bond acceptors (Lipinski definition) is 4. The summed E-state index contributed by atoms with van der Waals surface area (Å²) in [5, 5.41) is 7.53. The molecule has 2 rings (SSSR count). The first kappa shape index (κ1) is 18.1. The van der Waals surface area contributed by atoms with Crippen molar-refractivity contribution in [3.63, 3.8) is 0 Å². The van der Waals surface area contributed by atoms with Gasteiger partial charge in [-0.25, -0.2) is 9.97 Å². The van der Waals surface area contributed by atoms with Crippen molar-refractivity contribution >= 4 is 0 Å². The Bertz CT molecular complexity index is 706. The SMILES string of the molecule is C=CCn1cc(CNCCc2nc(C)cc(C(F)(F)F)n2)c(C)n1. The zero-order valence-electron chi connectivity index (χ0n) is 13.7. The van der Waals surface area contributed by atoms with Gasteiger partial charge in [-0.15, -0.1) is 6.58 Å². The summed E-state index contributed by atoms with van der Waals surface area (Å²) < 4.78 is 40.0. The van der Waals surface area contributed by atoms with Gasteiger partial charge in [-0.1, -0.05) is 6.08 Å². The van der Waals surface area contributed by atoms with Gasteiger partial charge >= 0.3 is 6.18 Å². The molecule has 0 aliphatic heterocycles. The third-order valence-corrected chi connectivity index (χ3v) is 3.40. The third-order valence-electron chi connectivity index (χ3n) is 3.40. The Kier molecular flexibility index (Phi) is 5.71. The first-order valence-electron chi connectivity index (χ1n) is 7.56. The van der Waals surface area contributed by atoms with Crippen molar-refractivity contribution < 1.29 is 13.2 Å². The highest BCUT2D eigenvalue weighted by Crippen LogP contribution is 2.27. The van der Waals surface area contributed by atoms with Crippen LogP contribution in [0.2, 0.25) is 0 Å². The minimum atomic E-state index is -4.45. The molecule has 2 heterocycles. The Balaban J connectivity index is 1.90. The van der Waals surface area contributed by atoms with Crippen LogP contribution in [0.5, 0.6) is 0 Å². The fourth-order valence-corrected chi connectivity index (χ4v) is 2.27. The van der Waals surface area contributed by atoms with Gasteiger partial charge in [0.25, 0.3) is 0 Å². The molecule has 0 saturated carbocycles. The first-order chi connectivity index (χ1) is 11.3. The average molecular weight is 339 g/mol. The van der Waals surface area contributed by atoms with Crippen LogP contribution in [0.15, 0.2) is 24.9 Å². The maximum atomic E-state index is 12.7. The summed E-state index contributed by atoms with van der Waals surface area (Å²) in [5.74, 6) is 0.189. The molecule has 0 fully saturated rings. The van der Waals surface area contributed by atoms with Crippen LogP contribution in [-0.2, 0) is 25.7 Å². The molecule has 0 unspecified atom stereocenters. The molecule has 8 heteroatoms. The summed E-state index contributed by atoms with van der Waals surface area (Å²) in [6.45, 7) is 8.81. The molecule has 130 valence electrons. The molecule has 5 nitrogen and oxygen atoms in total. The van der Waals surface area contributed by atoms with Crippen LogP contribution in [-0.4, -0.2) is 26.3 Å². The lowest BCUT2D eigenvalue weighted by Gasteiger charge is -2.09. The molecule has 2 aromatic heterocycles. The summed E-state index contributed by atoms with van der Waals surface area (Å²) in [6.07, 6.45) is -0.441. The van der Waals surface area contributed by atoms with Crippen LogP contribution in [0, 0.1) is 13.8 Å². The second-order valence-corrected chi connectivity index (χ2v) is 5.49. The predicted molar refractivity (Wildman–Crippen MR) is 84.3 cm³/mol. The van der Waals surface area contributed by atoms with E-state index in [1.807, 2.05) is 13.1 Å². The van der Waals surface area contributed by atoms with Crippen LogP contribution in [0.1, 0.15) is 28.5 Å². The van der Waals surface area contributed by atoms with Gasteiger partial charge < -0.3 is 5.32 Å². The Hall–Kier alpha value is -2.22. The standard InChI is InChI=1S/C16H20F3N5/c1-4-7-24-10-13(12(3)23-24)9-20-6-5-15-21-11(2)8-14(22-15)16(17,18)19/h4,8,10,20H,1,5-7,9H2,2-3H3. The molecule has 0 aliphatic rings. The number of allylic oxidation sites excluding steroid dienone is 1. The molecule has 24 heavy (non-hydrogen) atoms. The van der Waals surface area contributed by atoms with Crippen LogP contribution >= 0.6 is 0 Å². The van der Waals surface area contributed by atoms with Gasteiger partial charge in [-0.3, -0.25) is 4.68 Å². The average Bonchev–Trinajstić information content (AvgIpc) is 2.82. The fraction of sp³-hybridized carbons (Fsp3) is 0.438. The van der Waals surface area contributed by atoms with Crippen molar-refractivity contribution in [2.24, 2.45) is 0 Å². The molecule has 0 aliphatic carbocycles. The summed E-state index contributed by atoms with van der Waals surface area (Å²) in [5.41, 5.74) is 1.37. The Morgan fingerprint density at radius 1 is 1.29 bits per heavy atom. The van der Waals surface area contributed by atoms with E-state index in [4.69, 9.17) is 0 Å². The van der Waals surface area contributed by atoms with E-state index in [2.05, 4.69) is 27.0 Å². The number of nitrogens with one attached hydrogen (secondary N) is 1. The lowest BCUT2D eigenvalue weighted by molar-refractivity contribution is -0.141. The number of nitrogens with zero attached hydrogens (tertiary/aromatic N) is 4. The Morgan fingerprint density at radius 2 is 2.04 bits per heavy atom. The highest BCUT2D eigenvalue weighted by atomic mass is 19.4. The first-order valence-corrected chi connectivity index (χ1v) is 7.56. The van der Waals surface area contributed by atoms with Gasteiger partial charge in [0.1, 0.15) is 11.5 Å². The molecule has 0 aromatic carbocycles. The Morgan fingerprint density at radius 3 is 2.71 bits per heavy atom.